The lowest BCUT2D eigenvalue weighted by Gasteiger charge is -2.04. The zero-order valence-corrected chi connectivity index (χ0v) is 14.4. The molecule has 7 nitrogen and oxygen atoms in total. The molecule has 2 aromatic rings. The SMILES string of the molecule is CCOC(=O)c1sc(NC(=O)c2cc([N+](=O)[O-])ccc2Cl)cc1C. The third-order valence-corrected chi connectivity index (χ3v) is 4.48. The van der Waals surface area contributed by atoms with E-state index in [0.29, 0.717) is 15.4 Å². The Labute approximate surface area is 146 Å². The number of esters is 1. The normalized spacial score (nSPS) is 10.3. The second kappa shape index (κ2) is 7.41. The number of aryl methyl sites for hydroxylation is 1. The minimum absolute atomic E-state index is 0.0189. The maximum atomic E-state index is 12.3. The van der Waals surface area contributed by atoms with Crippen LogP contribution in [0.15, 0.2) is 24.3 Å². The lowest BCUT2D eigenvalue weighted by Crippen LogP contribution is -2.12. The van der Waals surface area contributed by atoms with Crippen molar-refractivity contribution in [3.8, 4) is 0 Å². The number of carbonyl (C=O) groups is 2. The summed E-state index contributed by atoms with van der Waals surface area (Å²) < 4.78 is 4.94. The first-order valence-electron chi connectivity index (χ1n) is 6.86. The summed E-state index contributed by atoms with van der Waals surface area (Å²) in [5, 5.41) is 13.9. The number of nitro benzene ring substituents is 1. The summed E-state index contributed by atoms with van der Waals surface area (Å²) in [4.78, 5) is 34.7. The summed E-state index contributed by atoms with van der Waals surface area (Å²) in [5.74, 6) is -1.06. The van der Waals surface area contributed by atoms with Gasteiger partial charge in [0, 0.05) is 12.1 Å². The molecule has 0 spiro atoms. The molecule has 2 rings (SSSR count). The van der Waals surface area contributed by atoms with Gasteiger partial charge in [0.2, 0.25) is 0 Å². The number of halogens is 1. The number of rotatable bonds is 5. The van der Waals surface area contributed by atoms with E-state index in [0.717, 1.165) is 17.4 Å². The number of thiophene rings is 1. The fourth-order valence-corrected chi connectivity index (χ4v) is 3.09. The third-order valence-electron chi connectivity index (χ3n) is 3.02. The number of nitrogens with one attached hydrogen (secondary N) is 1. The van der Waals surface area contributed by atoms with Crippen LogP contribution in [0.5, 0.6) is 0 Å². The zero-order valence-electron chi connectivity index (χ0n) is 12.8. The second-order valence-corrected chi connectivity index (χ2v) is 6.18. The molecule has 0 saturated carbocycles. The maximum Gasteiger partial charge on any atom is 0.348 e. The van der Waals surface area contributed by atoms with Crippen LogP contribution < -0.4 is 5.32 Å². The molecular weight excluding hydrogens is 356 g/mol. The standard InChI is InChI=1S/C15H13ClN2O5S/c1-3-23-15(20)13-8(2)6-12(24-13)17-14(19)10-7-9(18(21)22)4-5-11(10)16/h4-7H,3H2,1-2H3,(H,17,19). The monoisotopic (exact) mass is 368 g/mol. The van der Waals surface area contributed by atoms with Crippen LogP contribution in [-0.4, -0.2) is 23.4 Å². The van der Waals surface area contributed by atoms with Crippen LogP contribution in [0.1, 0.15) is 32.5 Å². The highest BCUT2D eigenvalue weighted by Gasteiger charge is 2.19. The number of amides is 1. The highest BCUT2D eigenvalue weighted by Crippen LogP contribution is 2.29. The molecule has 0 aliphatic heterocycles. The second-order valence-electron chi connectivity index (χ2n) is 4.72. The molecule has 1 aromatic heterocycles. The number of non-ortho nitro benzene ring substituents is 1. The van der Waals surface area contributed by atoms with Crippen molar-refractivity contribution < 1.29 is 19.2 Å². The number of benzene rings is 1. The Morgan fingerprint density at radius 3 is 2.71 bits per heavy atom. The summed E-state index contributed by atoms with van der Waals surface area (Å²) >= 11 is 7.00. The number of nitro groups is 1. The smallest absolute Gasteiger partial charge is 0.348 e. The Hall–Kier alpha value is -2.45. The van der Waals surface area contributed by atoms with E-state index in [-0.39, 0.29) is 22.9 Å². The van der Waals surface area contributed by atoms with Crippen LogP contribution in [0, 0.1) is 17.0 Å². The molecule has 0 aliphatic rings. The van der Waals surface area contributed by atoms with Gasteiger partial charge in [-0.2, -0.15) is 0 Å². The van der Waals surface area contributed by atoms with Gasteiger partial charge in [-0.3, -0.25) is 14.9 Å². The predicted molar refractivity (Wildman–Crippen MR) is 91.1 cm³/mol. The quantitative estimate of drug-likeness (QED) is 0.487. The van der Waals surface area contributed by atoms with E-state index in [1.807, 2.05) is 0 Å². The van der Waals surface area contributed by atoms with E-state index in [1.54, 1.807) is 19.9 Å². The largest absolute Gasteiger partial charge is 0.462 e. The van der Waals surface area contributed by atoms with Crippen molar-refractivity contribution in [3.63, 3.8) is 0 Å². The first-order valence-corrected chi connectivity index (χ1v) is 8.05. The van der Waals surface area contributed by atoms with E-state index < -0.39 is 16.8 Å². The molecule has 9 heteroatoms. The molecule has 126 valence electrons. The summed E-state index contributed by atoms with van der Waals surface area (Å²) in [7, 11) is 0. The summed E-state index contributed by atoms with van der Waals surface area (Å²) in [6, 6.07) is 5.23. The molecule has 0 atom stereocenters. The number of nitrogens with zero attached hydrogens (tertiary/aromatic N) is 1. The highest BCUT2D eigenvalue weighted by molar-refractivity contribution is 7.18. The summed E-state index contributed by atoms with van der Waals surface area (Å²) in [6.07, 6.45) is 0. The van der Waals surface area contributed by atoms with Gasteiger partial charge in [-0.15, -0.1) is 11.3 Å². The first-order chi connectivity index (χ1) is 11.3. The molecule has 1 N–H and O–H groups in total. The minimum atomic E-state index is -0.610. The van der Waals surface area contributed by atoms with Crippen LogP contribution in [0.25, 0.3) is 0 Å². The van der Waals surface area contributed by atoms with Crippen LogP contribution >= 0.6 is 22.9 Å². The van der Waals surface area contributed by atoms with Crippen molar-refractivity contribution in [2.45, 2.75) is 13.8 Å². The molecule has 1 amide bonds. The molecule has 1 heterocycles. The van der Waals surface area contributed by atoms with E-state index in [9.17, 15) is 19.7 Å². The summed E-state index contributed by atoms with van der Waals surface area (Å²) in [6.45, 7) is 3.67. The lowest BCUT2D eigenvalue weighted by molar-refractivity contribution is -0.384. The molecular formula is C15H13ClN2O5S. The molecule has 0 bridgehead atoms. The van der Waals surface area contributed by atoms with Crippen molar-refractivity contribution in [2.75, 3.05) is 11.9 Å². The first kappa shape index (κ1) is 17.9. The lowest BCUT2D eigenvalue weighted by atomic mass is 10.2. The van der Waals surface area contributed by atoms with Crippen LogP contribution in [0.2, 0.25) is 5.02 Å². The number of carbonyl (C=O) groups excluding carboxylic acids is 2. The molecule has 0 saturated heterocycles. The fourth-order valence-electron chi connectivity index (χ4n) is 1.92. The molecule has 0 fully saturated rings. The van der Waals surface area contributed by atoms with Crippen molar-refractivity contribution in [2.24, 2.45) is 0 Å². The average molecular weight is 369 g/mol. The predicted octanol–water partition coefficient (Wildman–Crippen LogP) is 4.05. The highest BCUT2D eigenvalue weighted by atomic mass is 35.5. The van der Waals surface area contributed by atoms with Gasteiger partial charge in [0.15, 0.2) is 0 Å². The third kappa shape index (κ3) is 3.90. The average Bonchev–Trinajstić information content (AvgIpc) is 2.88. The molecule has 0 radical (unpaired) electrons. The van der Waals surface area contributed by atoms with Crippen molar-refractivity contribution in [1.29, 1.82) is 0 Å². The number of hydrogen-bond donors (Lipinski definition) is 1. The number of hydrogen-bond acceptors (Lipinski definition) is 6. The van der Waals surface area contributed by atoms with Gasteiger partial charge in [0.1, 0.15) is 4.88 Å². The Balaban J connectivity index is 2.24. The maximum absolute atomic E-state index is 12.3. The van der Waals surface area contributed by atoms with Gasteiger partial charge in [-0.1, -0.05) is 11.6 Å². The molecule has 0 unspecified atom stereocenters. The Morgan fingerprint density at radius 1 is 1.38 bits per heavy atom. The van der Waals surface area contributed by atoms with Crippen LogP contribution in [0.4, 0.5) is 10.7 Å². The molecule has 0 aliphatic carbocycles. The van der Waals surface area contributed by atoms with E-state index >= 15 is 0 Å². The molecule has 24 heavy (non-hydrogen) atoms. The minimum Gasteiger partial charge on any atom is -0.462 e. The van der Waals surface area contributed by atoms with Crippen molar-refractivity contribution in [1.82, 2.24) is 0 Å². The van der Waals surface area contributed by atoms with E-state index in [4.69, 9.17) is 16.3 Å². The van der Waals surface area contributed by atoms with Gasteiger partial charge >= 0.3 is 5.97 Å². The van der Waals surface area contributed by atoms with Crippen LogP contribution in [-0.2, 0) is 4.74 Å². The fraction of sp³-hybridized carbons (Fsp3) is 0.200. The van der Waals surface area contributed by atoms with Gasteiger partial charge in [0.25, 0.3) is 11.6 Å². The Morgan fingerprint density at radius 2 is 2.08 bits per heavy atom. The van der Waals surface area contributed by atoms with Gasteiger partial charge < -0.3 is 10.1 Å². The van der Waals surface area contributed by atoms with Gasteiger partial charge in [0.05, 0.1) is 27.1 Å². The van der Waals surface area contributed by atoms with Crippen molar-refractivity contribution >= 4 is 45.5 Å². The van der Waals surface area contributed by atoms with E-state index in [1.165, 1.54) is 12.1 Å². The zero-order chi connectivity index (χ0) is 17.9. The molecule has 1 aromatic carbocycles. The Bertz CT molecular complexity index is 818. The number of anilines is 1. The van der Waals surface area contributed by atoms with Crippen LogP contribution in [0.3, 0.4) is 0 Å². The van der Waals surface area contributed by atoms with Crippen molar-refractivity contribution in [3.05, 3.63) is 55.4 Å². The number of ether oxygens (including phenoxy) is 1. The summed E-state index contributed by atoms with van der Waals surface area (Å²) in [5.41, 5.74) is 0.410. The van der Waals surface area contributed by atoms with Gasteiger partial charge in [-0.25, -0.2) is 4.79 Å². The van der Waals surface area contributed by atoms with E-state index in [2.05, 4.69) is 5.32 Å². The topological polar surface area (TPSA) is 98.5 Å². The van der Waals surface area contributed by atoms with Gasteiger partial charge in [-0.05, 0) is 31.5 Å². The Kier molecular flexibility index (Phi) is 5.53.